The highest BCUT2D eigenvalue weighted by Crippen LogP contribution is 2.42. The van der Waals surface area contributed by atoms with Crippen molar-refractivity contribution in [3.05, 3.63) is 0 Å². The van der Waals surface area contributed by atoms with Crippen molar-refractivity contribution >= 4 is 11.9 Å². The highest BCUT2D eigenvalue weighted by atomic mass is 16.8. The Balaban J connectivity index is 2.05. The first kappa shape index (κ1) is 14.3. The maximum atomic E-state index is 11.1. The molecule has 1 saturated heterocycles. The molecule has 1 saturated carbocycles. The van der Waals surface area contributed by atoms with Gasteiger partial charge < -0.3 is 18.9 Å². The molecule has 2 rings (SSSR count). The Bertz CT molecular complexity index is 377. The molecule has 19 heavy (non-hydrogen) atoms. The number of rotatable bonds is 3. The number of esters is 2. The van der Waals surface area contributed by atoms with Crippen LogP contribution >= 0.6 is 0 Å². The molecule has 6 heteroatoms. The molecule has 1 aliphatic carbocycles. The first-order valence-corrected chi connectivity index (χ1v) is 6.45. The van der Waals surface area contributed by atoms with Crippen molar-refractivity contribution in [3.8, 4) is 0 Å². The predicted molar refractivity (Wildman–Crippen MR) is 64.1 cm³/mol. The van der Waals surface area contributed by atoms with Crippen LogP contribution in [0, 0.1) is 5.92 Å². The summed E-state index contributed by atoms with van der Waals surface area (Å²) in [4.78, 5) is 22.0. The van der Waals surface area contributed by atoms with Crippen molar-refractivity contribution < 1.29 is 28.5 Å². The molecule has 4 atom stereocenters. The molecule has 0 bridgehead atoms. The van der Waals surface area contributed by atoms with Gasteiger partial charge in [-0.15, -0.1) is 0 Å². The fraction of sp³-hybridized carbons (Fsp3) is 0.846. The fourth-order valence-corrected chi connectivity index (χ4v) is 2.75. The normalized spacial score (nSPS) is 35.8. The molecule has 0 aromatic carbocycles. The fourth-order valence-electron chi connectivity index (χ4n) is 2.75. The topological polar surface area (TPSA) is 71.1 Å². The quantitative estimate of drug-likeness (QED) is 0.714. The van der Waals surface area contributed by atoms with E-state index in [0.29, 0.717) is 6.42 Å². The molecule has 1 heterocycles. The molecule has 1 aliphatic heterocycles. The smallest absolute Gasteiger partial charge is 0.302 e. The largest absolute Gasteiger partial charge is 0.465 e. The predicted octanol–water partition coefficient (Wildman–Crippen LogP) is 1.02. The van der Waals surface area contributed by atoms with Crippen LogP contribution in [-0.2, 0) is 28.5 Å². The van der Waals surface area contributed by atoms with E-state index in [4.69, 9.17) is 18.9 Å². The molecule has 6 nitrogen and oxygen atoms in total. The van der Waals surface area contributed by atoms with Gasteiger partial charge in [0.2, 0.25) is 0 Å². The minimum absolute atomic E-state index is 0.0139. The second-order valence-electron chi connectivity index (χ2n) is 5.51. The lowest BCUT2D eigenvalue weighted by Crippen LogP contribution is -2.32. The third-order valence-electron chi connectivity index (χ3n) is 3.35. The Hall–Kier alpha value is -1.14. The Morgan fingerprint density at radius 1 is 1.16 bits per heavy atom. The van der Waals surface area contributed by atoms with Crippen LogP contribution < -0.4 is 0 Å². The van der Waals surface area contributed by atoms with E-state index in [0.717, 1.165) is 0 Å². The minimum Gasteiger partial charge on any atom is -0.465 e. The van der Waals surface area contributed by atoms with E-state index in [1.165, 1.54) is 13.8 Å². The van der Waals surface area contributed by atoms with Crippen LogP contribution in [0.5, 0.6) is 0 Å². The Labute approximate surface area is 112 Å². The van der Waals surface area contributed by atoms with Gasteiger partial charge in [-0.1, -0.05) is 0 Å². The Morgan fingerprint density at radius 3 is 2.37 bits per heavy atom. The number of ether oxygens (including phenoxy) is 4. The van der Waals surface area contributed by atoms with E-state index in [1.807, 2.05) is 13.8 Å². The summed E-state index contributed by atoms with van der Waals surface area (Å²) >= 11 is 0. The van der Waals surface area contributed by atoms with Gasteiger partial charge in [0.05, 0.1) is 12.7 Å². The van der Waals surface area contributed by atoms with E-state index in [9.17, 15) is 9.59 Å². The molecule has 2 fully saturated rings. The molecule has 2 aliphatic rings. The van der Waals surface area contributed by atoms with Crippen LogP contribution in [0.1, 0.15) is 34.1 Å². The summed E-state index contributed by atoms with van der Waals surface area (Å²) in [5.74, 6) is -1.39. The zero-order chi connectivity index (χ0) is 14.2. The van der Waals surface area contributed by atoms with Crippen LogP contribution in [0.4, 0.5) is 0 Å². The van der Waals surface area contributed by atoms with Gasteiger partial charge in [-0.25, -0.2) is 0 Å². The lowest BCUT2D eigenvalue weighted by Gasteiger charge is -2.23. The Kier molecular flexibility index (Phi) is 3.82. The van der Waals surface area contributed by atoms with Crippen LogP contribution in [-0.4, -0.2) is 42.6 Å². The SMILES string of the molecule is CC(=O)OC[C@@H]1CC(OC(C)=O)[C@H]2OC(C)(C)O[C@@H]12. The number of fused-ring (bicyclic) bond motifs is 1. The van der Waals surface area contributed by atoms with Crippen molar-refractivity contribution in [3.63, 3.8) is 0 Å². The average Bonchev–Trinajstić information content (AvgIpc) is 2.70. The van der Waals surface area contributed by atoms with E-state index in [1.54, 1.807) is 0 Å². The summed E-state index contributed by atoms with van der Waals surface area (Å²) in [6, 6.07) is 0. The number of carbonyl (C=O) groups excluding carboxylic acids is 2. The maximum Gasteiger partial charge on any atom is 0.302 e. The van der Waals surface area contributed by atoms with Gasteiger partial charge in [-0.05, 0) is 20.3 Å². The summed E-state index contributed by atoms with van der Waals surface area (Å²) in [7, 11) is 0. The van der Waals surface area contributed by atoms with Crippen molar-refractivity contribution in [2.45, 2.75) is 58.2 Å². The maximum absolute atomic E-state index is 11.1. The van der Waals surface area contributed by atoms with Crippen LogP contribution in [0.15, 0.2) is 0 Å². The van der Waals surface area contributed by atoms with Crippen molar-refractivity contribution in [1.82, 2.24) is 0 Å². The van der Waals surface area contributed by atoms with Crippen molar-refractivity contribution in [2.75, 3.05) is 6.61 Å². The number of hydrogen-bond acceptors (Lipinski definition) is 6. The number of hydrogen-bond donors (Lipinski definition) is 0. The molecule has 0 amide bonds. The summed E-state index contributed by atoms with van der Waals surface area (Å²) in [6.45, 7) is 6.63. The van der Waals surface area contributed by atoms with Gasteiger partial charge in [-0.2, -0.15) is 0 Å². The molecule has 0 N–H and O–H groups in total. The molecule has 0 aromatic rings. The van der Waals surface area contributed by atoms with Crippen molar-refractivity contribution in [1.29, 1.82) is 0 Å². The molecular weight excluding hydrogens is 252 g/mol. The molecule has 0 spiro atoms. The lowest BCUT2D eigenvalue weighted by atomic mass is 10.1. The molecular formula is C13H20O6. The molecule has 1 unspecified atom stereocenters. The van der Waals surface area contributed by atoms with E-state index < -0.39 is 5.79 Å². The summed E-state index contributed by atoms with van der Waals surface area (Å²) in [6.07, 6.45) is -0.263. The van der Waals surface area contributed by atoms with Crippen LogP contribution in [0.3, 0.4) is 0 Å². The second kappa shape index (κ2) is 5.09. The molecule has 108 valence electrons. The first-order chi connectivity index (χ1) is 8.78. The monoisotopic (exact) mass is 272 g/mol. The van der Waals surface area contributed by atoms with Gasteiger partial charge >= 0.3 is 11.9 Å². The molecule has 0 aromatic heterocycles. The zero-order valence-corrected chi connectivity index (χ0v) is 11.7. The summed E-state index contributed by atoms with van der Waals surface area (Å²) in [5, 5.41) is 0. The minimum atomic E-state index is -0.706. The Morgan fingerprint density at radius 2 is 1.79 bits per heavy atom. The van der Waals surface area contributed by atoms with Crippen molar-refractivity contribution in [2.24, 2.45) is 5.92 Å². The highest BCUT2D eigenvalue weighted by Gasteiger charge is 2.55. The number of carbonyl (C=O) groups is 2. The third-order valence-corrected chi connectivity index (χ3v) is 3.35. The van der Waals surface area contributed by atoms with Gasteiger partial charge in [0.15, 0.2) is 5.79 Å². The van der Waals surface area contributed by atoms with Gasteiger partial charge in [-0.3, -0.25) is 9.59 Å². The van der Waals surface area contributed by atoms with Crippen LogP contribution in [0.2, 0.25) is 0 Å². The van der Waals surface area contributed by atoms with E-state index in [-0.39, 0.29) is 42.8 Å². The van der Waals surface area contributed by atoms with E-state index in [2.05, 4.69) is 0 Å². The standard InChI is InChI=1S/C13H20O6/c1-7(14)16-6-9-5-10(17-8(2)15)12-11(9)18-13(3,4)19-12/h9-12H,5-6H2,1-4H3/t9-,10?,11-,12+/m0/s1. The second-order valence-corrected chi connectivity index (χ2v) is 5.51. The van der Waals surface area contributed by atoms with Crippen LogP contribution in [0.25, 0.3) is 0 Å². The van der Waals surface area contributed by atoms with Gasteiger partial charge in [0, 0.05) is 19.8 Å². The van der Waals surface area contributed by atoms with E-state index >= 15 is 0 Å². The summed E-state index contributed by atoms with van der Waals surface area (Å²) in [5.41, 5.74) is 0. The lowest BCUT2D eigenvalue weighted by molar-refractivity contribution is -0.179. The third kappa shape index (κ3) is 3.25. The summed E-state index contributed by atoms with van der Waals surface area (Å²) < 4.78 is 21.9. The van der Waals surface area contributed by atoms with Gasteiger partial charge in [0.25, 0.3) is 0 Å². The molecule has 0 radical (unpaired) electrons. The first-order valence-electron chi connectivity index (χ1n) is 6.45. The average molecular weight is 272 g/mol. The zero-order valence-electron chi connectivity index (χ0n) is 11.7. The van der Waals surface area contributed by atoms with Gasteiger partial charge in [0.1, 0.15) is 12.2 Å². The highest BCUT2D eigenvalue weighted by molar-refractivity contribution is 5.66.